The standard InChI is InChI=1S/C23H24BrCl2N3O2/c24-15-3-1-14(2-4-15)11-20(21(27)30)29(17-7-10-28-13-17)22(31)23(8-9-23)18-6-5-16(25)12-19(18)26/h1-6,12,17,20,28H,7-11,13H2,(H2,27,30)/t17-,20-/m0/s1. The van der Waals surface area contributed by atoms with Crippen molar-refractivity contribution in [2.75, 3.05) is 13.1 Å². The molecule has 8 heteroatoms. The summed E-state index contributed by atoms with van der Waals surface area (Å²) in [6, 6.07) is 12.2. The van der Waals surface area contributed by atoms with Crippen LogP contribution in [-0.2, 0) is 21.4 Å². The maximum Gasteiger partial charge on any atom is 0.240 e. The van der Waals surface area contributed by atoms with E-state index in [-0.39, 0.29) is 11.9 Å². The normalized spacial score (nSPS) is 20.3. The molecule has 0 bridgehead atoms. The number of primary amides is 1. The van der Waals surface area contributed by atoms with Gasteiger partial charge in [0.05, 0.1) is 5.41 Å². The molecule has 0 unspecified atom stereocenters. The number of carbonyl (C=O) groups excluding carboxylic acids is 2. The lowest BCUT2D eigenvalue weighted by atomic mass is 9.91. The molecule has 1 heterocycles. The number of nitrogens with one attached hydrogen (secondary N) is 1. The number of rotatable bonds is 7. The predicted octanol–water partition coefficient (Wildman–Crippen LogP) is 4.07. The number of nitrogens with zero attached hydrogens (tertiary/aromatic N) is 1. The van der Waals surface area contributed by atoms with Gasteiger partial charge in [0.25, 0.3) is 0 Å². The number of nitrogens with two attached hydrogens (primary N) is 1. The van der Waals surface area contributed by atoms with Crippen molar-refractivity contribution in [2.24, 2.45) is 5.73 Å². The molecule has 0 radical (unpaired) electrons. The van der Waals surface area contributed by atoms with E-state index in [2.05, 4.69) is 21.2 Å². The summed E-state index contributed by atoms with van der Waals surface area (Å²) in [6.45, 7) is 1.44. The lowest BCUT2D eigenvalue weighted by Crippen LogP contribution is -2.57. The van der Waals surface area contributed by atoms with Crippen molar-refractivity contribution in [1.29, 1.82) is 0 Å². The van der Waals surface area contributed by atoms with Gasteiger partial charge < -0.3 is 16.0 Å². The molecule has 2 fully saturated rings. The van der Waals surface area contributed by atoms with E-state index in [1.165, 1.54) is 0 Å². The van der Waals surface area contributed by atoms with Crippen molar-refractivity contribution < 1.29 is 9.59 Å². The molecule has 1 saturated heterocycles. The number of benzene rings is 2. The zero-order valence-electron chi connectivity index (χ0n) is 16.9. The van der Waals surface area contributed by atoms with Crippen molar-refractivity contribution in [3.8, 4) is 0 Å². The minimum absolute atomic E-state index is 0.0775. The molecule has 164 valence electrons. The highest BCUT2D eigenvalue weighted by Gasteiger charge is 2.56. The Kier molecular flexibility index (Phi) is 6.63. The zero-order valence-corrected chi connectivity index (χ0v) is 20.0. The van der Waals surface area contributed by atoms with Crippen LogP contribution in [0.15, 0.2) is 46.9 Å². The summed E-state index contributed by atoms with van der Waals surface area (Å²) in [5, 5.41) is 4.31. The van der Waals surface area contributed by atoms with E-state index >= 15 is 0 Å². The van der Waals surface area contributed by atoms with Gasteiger partial charge in [0, 0.05) is 33.5 Å². The fourth-order valence-electron chi connectivity index (χ4n) is 4.47. The zero-order chi connectivity index (χ0) is 22.2. The van der Waals surface area contributed by atoms with Crippen molar-refractivity contribution in [2.45, 2.75) is 43.2 Å². The molecule has 31 heavy (non-hydrogen) atoms. The first kappa shape index (κ1) is 22.6. The third-order valence-electron chi connectivity index (χ3n) is 6.27. The summed E-state index contributed by atoms with van der Waals surface area (Å²) in [7, 11) is 0. The molecule has 5 nitrogen and oxygen atoms in total. The van der Waals surface area contributed by atoms with E-state index < -0.39 is 17.4 Å². The molecule has 1 aliphatic carbocycles. The second-order valence-electron chi connectivity index (χ2n) is 8.31. The van der Waals surface area contributed by atoms with Crippen molar-refractivity contribution in [3.05, 3.63) is 68.1 Å². The first-order valence-corrected chi connectivity index (χ1v) is 11.9. The van der Waals surface area contributed by atoms with Gasteiger partial charge in [0.1, 0.15) is 6.04 Å². The third kappa shape index (κ3) is 4.63. The van der Waals surface area contributed by atoms with Gasteiger partial charge in [-0.25, -0.2) is 0 Å². The molecular weight excluding hydrogens is 501 g/mol. The molecule has 3 N–H and O–H groups in total. The minimum Gasteiger partial charge on any atom is -0.368 e. The van der Waals surface area contributed by atoms with E-state index in [9.17, 15) is 9.59 Å². The Morgan fingerprint density at radius 1 is 1.19 bits per heavy atom. The monoisotopic (exact) mass is 523 g/mol. The maximum atomic E-state index is 14.0. The third-order valence-corrected chi connectivity index (χ3v) is 7.35. The van der Waals surface area contributed by atoms with E-state index in [1.807, 2.05) is 30.3 Å². The lowest BCUT2D eigenvalue weighted by molar-refractivity contribution is -0.144. The first-order valence-electron chi connectivity index (χ1n) is 10.3. The second-order valence-corrected chi connectivity index (χ2v) is 10.1. The molecule has 2 aromatic carbocycles. The summed E-state index contributed by atoms with van der Waals surface area (Å²) in [5.41, 5.74) is 6.86. The van der Waals surface area contributed by atoms with Gasteiger partial charge in [-0.15, -0.1) is 0 Å². The molecule has 1 aliphatic heterocycles. The summed E-state index contributed by atoms with van der Waals surface area (Å²) in [5.74, 6) is -0.576. The van der Waals surface area contributed by atoms with Crippen LogP contribution in [0.2, 0.25) is 10.0 Å². The Balaban J connectivity index is 1.70. The summed E-state index contributed by atoms with van der Waals surface area (Å²) < 4.78 is 0.953. The Bertz CT molecular complexity index is 989. The van der Waals surface area contributed by atoms with Crippen molar-refractivity contribution in [1.82, 2.24) is 10.2 Å². The quantitative estimate of drug-likeness (QED) is 0.573. The molecule has 2 amide bonds. The summed E-state index contributed by atoms with van der Waals surface area (Å²) in [4.78, 5) is 28.4. The Morgan fingerprint density at radius 2 is 1.90 bits per heavy atom. The van der Waals surface area contributed by atoms with E-state index in [1.54, 1.807) is 17.0 Å². The van der Waals surface area contributed by atoms with Crippen molar-refractivity contribution in [3.63, 3.8) is 0 Å². The molecule has 2 aromatic rings. The molecule has 2 aliphatic rings. The van der Waals surface area contributed by atoms with Crippen LogP contribution in [0.3, 0.4) is 0 Å². The fraction of sp³-hybridized carbons (Fsp3) is 0.391. The minimum atomic E-state index is -0.734. The van der Waals surface area contributed by atoms with Gasteiger partial charge in [-0.1, -0.05) is 57.3 Å². The lowest BCUT2D eigenvalue weighted by Gasteiger charge is -2.37. The SMILES string of the molecule is NC(=O)[C@H](Cc1ccc(Br)cc1)N(C(=O)C1(c2ccc(Cl)cc2Cl)CC1)[C@H]1CCNC1. The van der Waals surface area contributed by atoms with Crippen LogP contribution in [-0.4, -0.2) is 41.9 Å². The molecule has 1 saturated carbocycles. The van der Waals surface area contributed by atoms with Gasteiger partial charge >= 0.3 is 0 Å². The molecular formula is C23H24BrCl2N3O2. The topological polar surface area (TPSA) is 75.4 Å². The highest BCUT2D eigenvalue weighted by molar-refractivity contribution is 9.10. The number of amides is 2. The molecule has 4 rings (SSSR count). The molecule has 2 atom stereocenters. The number of hydrogen-bond acceptors (Lipinski definition) is 3. The maximum absolute atomic E-state index is 14.0. The van der Waals surface area contributed by atoms with Gasteiger partial charge in [0.2, 0.25) is 11.8 Å². The Hall–Kier alpha value is -1.60. The summed E-state index contributed by atoms with van der Waals surface area (Å²) >= 11 is 16.0. The van der Waals surface area contributed by atoms with E-state index in [0.717, 1.165) is 28.6 Å². The first-order chi connectivity index (χ1) is 14.8. The van der Waals surface area contributed by atoms with E-state index in [0.29, 0.717) is 35.9 Å². The second kappa shape index (κ2) is 9.10. The average Bonchev–Trinajstić information content (AvgIpc) is 3.35. The highest BCUT2D eigenvalue weighted by atomic mass is 79.9. The van der Waals surface area contributed by atoms with Gasteiger partial charge in [0.15, 0.2) is 0 Å². The van der Waals surface area contributed by atoms with Gasteiger partial charge in [-0.05, 0) is 61.2 Å². The predicted molar refractivity (Wildman–Crippen MR) is 126 cm³/mol. The molecule has 0 aromatic heterocycles. The van der Waals surface area contributed by atoms with Crippen LogP contribution in [0.5, 0.6) is 0 Å². The van der Waals surface area contributed by atoms with Crippen molar-refractivity contribution >= 4 is 50.9 Å². The van der Waals surface area contributed by atoms with Crippen LogP contribution >= 0.6 is 39.1 Å². The van der Waals surface area contributed by atoms with Crippen LogP contribution < -0.4 is 11.1 Å². The summed E-state index contributed by atoms with van der Waals surface area (Å²) in [6.07, 6.45) is 2.52. The van der Waals surface area contributed by atoms with E-state index in [4.69, 9.17) is 28.9 Å². The fourth-order valence-corrected chi connectivity index (χ4v) is 5.32. The van der Waals surface area contributed by atoms with Crippen LogP contribution in [0.25, 0.3) is 0 Å². The highest BCUT2D eigenvalue weighted by Crippen LogP contribution is 2.52. The number of halogens is 3. The van der Waals surface area contributed by atoms with Crippen LogP contribution in [0.1, 0.15) is 30.4 Å². The average molecular weight is 525 g/mol. The van der Waals surface area contributed by atoms with Gasteiger partial charge in [-0.3, -0.25) is 9.59 Å². The van der Waals surface area contributed by atoms with Gasteiger partial charge in [-0.2, -0.15) is 0 Å². The van der Waals surface area contributed by atoms with Crippen LogP contribution in [0, 0.1) is 0 Å². The molecule has 0 spiro atoms. The smallest absolute Gasteiger partial charge is 0.240 e. The number of hydrogen-bond donors (Lipinski definition) is 2. The number of carbonyl (C=O) groups is 2. The Labute approximate surface area is 200 Å². The Morgan fingerprint density at radius 3 is 2.45 bits per heavy atom. The van der Waals surface area contributed by atoms with Crippen LogP contribution in [0.4, 0.5) is 0 Å². The largest absolute Gasteiger partial charge is 0.368 e.